The lowest BCUT2D eigenvalue weighted by molar-refractivity contribution is -0.118. The minimum Gasteiger partial charge on any atom is -0.380 e. The van der Waals surface area contributed by atoms with Crippen LogP contribution in [-0.2, 0) is 9.53 Å². The minimum absolute atomic E-state index is 0.0285. The maximum Gasteiger partial charge on any atom is 0.243 e. The number of anilines is 1. The van der Waals surface area contributed by atoms with Crippen LogP contribution in [0.5, 0.6) is 0 Å². The maximum atomic E-state index is 12.0. The quantitative estimate of drug-likeness (QED) is 0.871. The molecule has 1 amide bonds. The summed E-state index contributed by atoms with van der Waals surface area (Å²) < 4.78 is 5.22. The van der Waals surface area contributed by atoms with E-state index in [1.54, 1.807) is 7.11 Å². The first-order valence-corrected chi connectivity index (χ1v) is 7.00. The molecule has 2 unspecified atom stereocenters. The molecule has 0 aromatic carbocycles. The van der Waals surface area contributed by atoms with Gasteiger partial charge in [0.05, 0.1) is 17.8 Å². The molecule has 0 aliphatic carbocycles. The molecule has 18 heavy (non-hydrogen) atoms. The van der Waals surface area contributed by atoms with Crippen LogP contribution in [-0.4, -0.2) is 36.7 Å². The molecule has 5 nitrogen and oxygen atoms in total. The Hall–Kier alpha value is -0.980. The number of carbonyl (C=O) groups is 1. The average Bonchev–Trinajstić information content (AvgIpc) is 2.96. The molecule has 6 heteroatoms. The summed E-state index contributed by atoms with van der Waals surface area (Å²) in [5.74, 6) is 0.355. The van der Waals surface area contributed by atoms with E-state index >= 15 is 0 Å². The van der Waals surface area contributed by atoms with Crippen LogP contribution in [0.3, 0.4) is 0 Å². The fourth-order valence-electron chi connectivity index (χ4n) is 1.88. The summed E-state index contributed by atoms with van der Waals surface area (Å²) >= 11 is 1.47. The van der Waals surface area contributed by atoms with Gasteiger partial charge in [0.25, 0.3) is 0 Å². The zero-order valence-corrected chi connectivity index (χ0v) is 11.7. The van der Waals surface area contributed by atoms with E-state index in [1.165, 1.54) is 11.3 Å². The van der Waals surface area contributed by atoms with Gasteiger partial charge in [-0.2, -0.15) is 0 Å². The van der Waals surface area contributed by atoms with E-state index < -0.39 is 0 Å². The second kappa shape index (κ2) is 5.77. The molecule has 1 aliphatic rings. The van der Waals surface area contributed by atoms with Crippen molar-refractivity contribution in [1.29, 1.82) is 0 Å². The van der Waals surface area contributed by atoms with E-state index in [0.29, 0.717) is 17.5 Å². The summed E-state index contributed by atoms with van der Waals surface area (Å²) in [5.41, 5.74) is 1.02. The third kappa shape index (κ3) is 3.07. The number of ether oxygens (including phenoxy) is 1. The molecule has 100 valence electrons. The number of aromatic nitrogens is 1. The summed E-state index contributed by atoms with van der Waals surface area (Å²) in [7, 11) is 1.67. The monoisotopic (exact) mass is 269 g/mol. The normalized spacial score (nSPS) is 23.6. The highest BCUT2D eigenvalue weighted by Crippen LogP contribution is 2.22. The molecule has 1 saturated heterocycles. The van der Waals surface area contributed by atoms with Crippen LogP contribution in [0.15, 0.2) is 5.38 Å². The first-order chi connectivity index (χ1) is 8.60. The Morgan fingerprint density at radius 3 is 3.00 bits per heavy atom. The van der Waals surface area contributed by atoms with Gasteiger partial charge in [0, 0.05) is 19.0 Å². The van der Waals surface area contributed by atoms with Crippen LogP contribution in [0.2, 0.25) is 0 Å². The SMILES string of the molecule is COC1CNC(C(=O)Nc2nc(C(C)C)cs2)C1. The molecule has 1 fully saturated rings. The van der Waals surface area contributed by atoms with Gasteiger partial charge in [-0.15, -0.1) is 11.3 Å². The molecule has 0 bridgehead atoms. The summed E-state index contributed by atoms with van der Waals surface area (Å²) in [4.78, 5) is 16.4. The lowest BCUT2D eigenvalue weighted by atomic mass is 10.2. The standard InChI is InChI=1S/C12H19N3O2S/c1-7(2)10-6-18-12(14-10)15-11(16)9-4-8(17-3)5-13-9/h6-9,13H,4-5H2,1-3H3,(H,14,15,16). The molecule has 2 atom stereocenters. The van der Waals surface area contributed by atoms with Gasteiger partial charge in [-0.3, -0.25) is 4.79 Å². The largest absolute Gasteiger partial charge is 0.380 e. The van der Waals surface area contributed by atoms with E-state index in [1.807, 2.05) is 5.38 Å². The molecular weight excluding hydrogens is 250 g/mol. The van der Waals surface area contributed by atoms with Crippen molar-refractivity contribution in [1.82, 2.24) is 10.3 Å². The molecule has 2 rings (SSSR count). The Kier molecular flexibility index (Phi) is 4.31. The number of hydrogen-bond donors (Lipinski definition) is 2. The zero-order chi connectivity index (χ0) is 13.1. The second-order valence-corrected chi connectivity index (χ2v) is 5.63. The van der Waals surface area contributed by atoms with Gasteiger partial charge < -0.3 is 15.4 Å². The van der Waals surface area contributed by atoms with Gasteiger partial charge in [-0.1, -0.05) is 13.8 Å². The third-order valence-corrected chi connectivity index (χ3v) is 3.86. The number of amides is 1. The fraction of sp³-hybridized carbons (Fsp3) is 0.667. The van der Waals surface area contributed by atoms with Crippen LogP contribution in [0, 0.1) is 0 Å². The second-order valence-electron chi connectivity index (χ2n) is 4.78. The molecule has 0 saturated carbocycles. The smallest absolute Gasteiger partial charge is 0.243 e. The molecule has 0 spiro atoms. The molecule has 1 aliphatic heterocycles. The fourth-order valence-corrected chi connectivity index (χ4v) is 2.76. The maximum absolute atomic E-state index is 12.0. The minimum atomic E-state index is -0.179. The highest BCUT2D eigenvalue weighted by molar-refractivity contribution is 7.13. The van der Waals surface area contributed by atoms with Gasteiger partial charge in [0.15, 0.2) is 5.13 Å². The molecule has 1 aromatic heterocycles. The third-order valence-electron chi connectivity index (χ3n) is 3.08. The van der Waals surface area contributed by atoms with Crippen molar-refractivity contribution in [3.8, 4) is 0 Å². The van der Waals surface area contributed by atoms with Crippen LogP contribution in [0.1, 0.15) is 31.9 Å². The van der Waals surface area contributed by atoms with Crippen LogP contribution in [0.4, 0.5) is 5.13 Å². The van der Waals surface area contributed by atoms with Crippen molar-refractivity contribution in [3.05, 3.63) is 11.1 Å². The number of carbonyl (C=O) groups excluding carboxylic acids is 1. The number of nitrogens with zero attached hydrogens (tertiary/aromatic N) is 1. The highest BCUT2D eigenvalue weighted by atomic mass is 32.1. The number of rotatable bonds is 4. The van der Waals surface area contributed by atoms with Gasteiger partial charge in [0.1, 0.15) is 0 Å². The van der Waals surface area contributed by atoms with Crippen LogP contribution in [0.25, 0.3) is 0 Å². The summed E-state index contributed by atoms with van der Waals surface area (Å²) in [5, 5.41) is 8.66. The van der Waals surface area contributed by atoms with E-state index in [-0.39, 0.29) is 18.1 Å². The predicted molar refractivity (Wildman–Crippen MR) is 72.0 cm³/mol. The Balaban J connectivity index is 1.91. The lowest BCUT2D eigenvalue weighted by Gasteiger charge is -2.09. The summed E-state index contributed by atoms with van der Waals surface area (Å²) in [6.07, 6.45) is 0.841. The Morgan fingerprint density at radius 2 is 2.44 bits per heavy atom. The lowest BCUT2D eigenvalue weighted by Crippen LogP contribution is -2.35. The van der Waals surface area contributed by atoms with Gasteiger partial charge >= 0.3 is 0 Å². The number of hydrogen-bond acceptors (Lipinski definition) is 5. The topological polar surface area (TPSA) is 63.2 Å². The number of methoxy groups -OCH3 is 1. The van der Waals surface area contributed by atoms with Crippen molar-refractivity contribution in [2.24, 2.45) is 0 Å². The van der Waals surface area contributed by atoms with Crippen molar-refractivity contribution in [3.63, 3.8) is 0 Å². The van der Waals surface area contributed by atoms with Gasteiger partial charge in [-0.05, 0) is 12.3 Å². The zero-order valence-electron chi connectivity index (χ0n) is 10.9. The van der Waals surface area contributed by atoms with E-state index in [0.717, 1.165) is 12.2 Å². The number of thiazole rings is 1. The molecule has 1 aromatic rings. The first-order valence-electron chi connectivity index (χ1n) is 6.12. The predicted octanol–water partition coefficient (Wildman–Crippen LogP) is 1.58. The van der Waals surface area contributed by atoms with Crippen LogP contribution < -0.4 is 10.6 Å². The highest BCUT2D eigenvalue weighted by Gasteiger charge is 2.29. The van der Waals surface area contributed by atoms with E-state index in [4.69, 9.17) is 4.74 Å². The van der Waals surface area contributed by atoms with Crippen molar-refractivity contribution < 1.29 is 9.53 Å². The van der Waals surface area contributed by atoms with Crippen LogP contribution >= 0.6 is 11.3 Å². The van der Waals surface area contributed by atoms with Crippen molar-refractivity contribution in [2.75, 3.05) is 19.0 Å². The van der Waals surface area contributed by atoms with E-state index in [9.17, 15) is 4.79 Å². The molecule has 0 radical (unpaired) electrons. The van der Waals surface area contributed by atoms with Gasteiger partial charge in [-0.25, -0.2) is 4.98 Å². The summed E-state index contributed by atoms with van der Waals surface area (Å²) in [6, 6.07) is -0.179. The molecular formula is C12H19N3O2S. The average molecular weight is 269 g/mol. The Morgan fingerprint density at radius 1 is 1.67 bits per heavy atom. The molecule has 2 N–H and O–H groups in total. The first kappa shape index (κ1) is 13.5. The van der Waals surface area contributed by atoms with Crippen molar-refractivity contribution >= 4 is 22.4 Å². The summed E-state index contributed by atoms with van der Waals surface area (Å²) in [6.45, 7) is 4.90. The number of nitrogens with one attached hydrogen (secondary N) is 2. The Labute approximate surface area is 111 Å². The van der Waals surface area contributed by atoms with Crippen molar-refractivity contribution in [2.45, 2.75) is 38.3 Å². The Bertz CT molecular complexity index is 419. The van der Waals surface area contributed by atoms with Gasteiger partial charge in [0.2, 0.25) is 5.91 Å². The van der Waals surface area contributed by atoms with E-state index in [2.05, 4.69) is 29.5 Å². The molecule has 2 heterocycles.